The maximum absolute atomic E-state index is 11.6. The van der Waals surface area contributed by atoms with Gasteiger partial charge in [-0.05, 0) is 18.6 Å². The second-order valence-electron chi connectivity index (χ2n) is 3.79. The Hall–Kier alpha value is -2.01. The van der Waals surface area contributed by atoms with E-state index in [1.807, 2.05) is 18.2 Å². The van der Waals surface area contributed by atoms with Gasteiger partial charge in [0.2, 0.25) is 5.88 Å². The fourth-order valence-electron chi connectivity index (χ4n) is 1.56. The van der Waals surface area contributed by atoms with Crippen LogP contribution >= 0.6 is 11.6 Å². The third-order valence-corrected chi connectivity index (χ3v) is 2.80. The van der Waals surface area contributed by atoms with Gasteiger partial charge >= 0.3 is 0 Å². The minimum atomic E-state index is -0.410. The Morgan fingerprint density at radius 1 is 1.44 bits per heavy atom. The number of aromatic amines is 1. The third kappa shape index (κ3) is 2.62. The van der Waals surface area contributed by atoms with Gasteiger partial charge in [-0.15, -0.1) is 0 Å². The Kier molecular flexibility index (Phi) is 3.53. The van der Waals surface area contributed by atoms with E-state index >= 15 is 0 Å². The van der Waals surface area contributed by atoms with Crippen LogP contribution in [0.25, 0.3) is 0 Å². The van der Waals surface area contributed by atoms with Gasteiger partial charge in [-0.2, -0.15) is 4.98 Å². The van der Waals surface area contributed by atoms with Gasteiger partial charge in [0.1, 0.15) is 5.82 Å². The van der Waals surface area contributed by atoms with Crippen LogP contribution in [0.4, 0.5) is 5.69 Å². The molecule has 2 rings (SSSR count). The number of aromatic hydroxyl groups is 1. The van der Waals surface area contributed by atoms with Crippen molar-refractivity contribution in [3.63, 3.8) is 0 Å². The van der Waals surface area contributed by atoms with Crippen molar-refractivity contribution in [2.75, 3.05) is 5.32 Å². The molecule has 3 N–H and O–H groups in total. The highest BCUT2D eigenvalue weighted by atomic mass is 35.5. The van der Waals surface area contributed by atoms with Gasteiger partial charge in [0.15, 0.2) is 5.69 Å². The standard InChI is InChI=1S/C12H12ClN3O2/c1-7-15-11(17)10(12(18)16-7)14-6-8-4-2-3-5-9(8)13/h2-5,14H,6H2,1H3,(H2,15,16,17,18). The predicted octanol–water partition coefficient (Wildman–Crippen LogP) is 2.05. The van der Waals surface area contributed by atoms with Crippen LogP contribution in [0, 0.1) is 6.92 Å². The fraction of sp³-hybridized carbons (Fsp3) is 0.167. The number of rotatable bonds is 3. The first-order valence-corrected chi connectivity index (χ1v) is 5.73. The van der Waals surface area contributed by atoms with E-state index in [0.717, 1.165) is 5.56 Å². The van der Waals surface area contributed by atoms with Crippen molar-refractivity contribution in [1.29, 1.82) is 0 Å². The molecule has 0 spiro atoms. The van der Waals surface area contributed by atoms with Gasteiger partial charge in [0.25, 0.3) is 5.56 Å². The fourth-order valence-corrected chi connectivity index (χ4v) is 1.76. The number of nitrogens with one attached hydrogen (secondary N) is 2. The minimum absolute atomic E-state index is 0.0421. The zero-order chi connectivity index (χ0) is 13.1. The molecule has 0 amide bonds. The van der Waals surface area contributed by atoms with Gasteiger partial charge in [0.05, 0.1) is 0 Å². The molecule has 1 aromatic heterocycles. The Bertz CT molecular complexity index is 625. The van der Waals surface area contributed by atoms with Crippen LogP contribution in [-0.2, 0) is 6.54 Å². The smallest absolute Gasteiger partial charge is 0.278 e. The van der Waals surface area contributed by atoms with Crippen LogP contribution in [0.15, 0.2) is 29.1 Å². The van der Waals surface area contributed by atoms with E-state index in [2.05, 4.69) is 15.3 Å². The molecule has 0 unspecified atom stereocenters. The summed E-state index contributed by atoms with van der Waals surface area (Å²) in [6, 6.07) is 7.27. The first-order chi connectivity index (χ1) is 8.58. The molecule has 0 aliphatic rings. The van der Waals surface area contributed by atoms with Gasteiger partial charge < -0.3 is 15.4 Å². The minimum Gasteiger partial charge on any atom is -0.492 e. The van der Waals surface area contributed by atoms with E-state index in [0.29, 0.717) is 17.4 Å². The zero-order valence-corrected chi connectivity index (χ0v) is 10.5. The van der Waals surface area contributed by atoms with E-state index in [-0.39, 0.29) is 11.6 Å². The lowest BCUT2D eigenvalue weighted by atomic mass is 10.2. The second kappa shape index (κ2) is 5.10. The number of aryl methyl sites for hydroxylation is 1. The van der Waals surface area contributed by atoms with E-state index in [1.54, 1.807) is 13.0 Å². The molecular weight excluding hydrogens is 254 g/mol. The summed E-state index contributed by atoms with van der Waals surface area (Å²) in [5.74, 6) is 0.0455. The van der Waals surface area contributed by atoms with Gasteiger partial charge in [-0.25, -0.2) is 0 Å². The number of hydrogen-bond donors (Lipinski definition) is 3. The molecule has 2 aromatic rings. The van der Waals surface area contributed by atoms with Crippen LogP contribution < -0.4 is 10.9 Å². The molecule has 0 aliphatic carbocycles. The van der Waals surface area contributed by atoms with Crippen LogP contribution in [0.1, 0.15) is 11.4 Å². The van der Waals surface area contributed by atoms with Crippen molar-refractivity contribution in [2.24, 2.45) is 0 Å². The molecule has 5 nitrogen and oxygen atoms in total. The van der Waals surface area contributed by atoms with Crippen molar-refractivity contribution < 1.29 is 5.11 Å². The summed E-state index contributed by atoms with van der Waals surface area (Å²) in [5.41, 5.74) is 0.464. The average Bonchev–Trinajstić information content (AvgIpc) is 2.30. The number of anilines is 1. The summed E-state index contributed by atoms with van der Waals surface area (Å²) in [6.45, 7) is 1.93. The summed E-state index contributed by atoms with van der Waals surface area (Å²) in [7, 11) is 0. The van der Waals surface area contributed by atoms with Crippen molar-refractivity contribution in [3.05, 3.63) is 51.0 Å². The quantitative estimate of drug-likeness (QED) is 0.794. The largest absolute Gasteiger partial charge is 0.492 e. The average molecular weight is 266 g/mol. The van der Waals surface area contributed by atoms with Crippen molar-refractivity contribution in [2.45, 2.75) is 13.5 Å². The molecule has 18 heavy (non-hydrogen) atoms. The molecule has 0 radical (unpaired) electrons. The highest BCUT2D eigenvalue weighted by Gasteiger charge is 2.09. The zero-order valence-electron chi connectivity index (χ0n) is 9.70. The Labute approximate surface area is 108 Å². The van der Waals surface area contributed by atoms with Crippen molar-refractivity contribution in [1.82, 2.24) is 9.97 Å². The van der Waals surface area contributed by atoms with Gasteiger partial charge in [0, 0.05) is 11.6 Å². The van der Waals surface area contributed by atoms with E-state index in [9.17, 15) is 9.90 Å². The normalized spacial score (nSPS) is 10.3. The number of aromatic nitrogens is 2. The Morgan fingerprint density at radius 3 is 2.83 bits per heavy atom. The monoisotopic (exact) mass is 265 g/mol. The van der Waals surface area contributed by atoms with E-state index in [1.165, 1.54) is 0 Å². The number of halogens is 1. The predicted molar refractivity (Wildman–Crippen MR) is 70.0 cm³/mol. The molecule has 0 atom stereocenters. The van der Waals surface area contributed by atoms with Crippen LogP contribution in [0.2, 0.25) is 5.02 Å². The lowest BCUT2D eigenvalue weighted by Gasteiger charge is -2.08. The molecular formula is C12H12ClN3O2. The van der Waals surface area contributed by atoms with Crippen LogP contribution in [-0.4, -0.2) is 15.1 Å². The molecule has 1 heterocycles. The van der Waals surface area contributed by atoms with Gasteiger partial charge in [-0.3, -0.25) is 4.79 Å². The van der Waals surface area contributed by atoms with E-state index in [4.69, 9.17) is 11.6 Å². The van der Waals surface area contributed by atoms with Gasteiger partial charge in [-0.1, -0.05) is 29.8 Å². The maximum atomic E-state index is 11.6. The topological polar surface area (TPSA) is 78.0 Å². The lowest BCUT2D eigenvalue weighted by Crippen LogP contribution is -2.16. The summed E-state index contributed by atoms with van der Waals surface area (Å²) in [6.07, 6.45) is 0. The van der Waals surface area contributed by atoms with Crippen molar-refractivity contribution in [3.8, 4) is 5.88 Å². The van der Waals surface area contributed by atoms with Crippen LogP contribution in [0.5, 0.6) is 5.88 Å². The highest BCUT2D eigenvalue weighted by Crippen LogP contribution is 2.19. The SMILES string of the molecule is Cc1nc(O)c(NCc2ccccc2Cl)c(=O)[nH]1. The maximum Gasteiger partial charge on any atom is 0.278 e. The molecule has 0 aliphatic heterocycles. The molecule has 0 bridgehead atoms. The molecule has 94 valence electrons. The Morgan fingerprint density at radius 2 is 2.17 bits per heavy atom. The van der Waals surface area contributed by atoms with Crippen LogP contribution in [0.3, 0.4) is 0 Å². The number of benzene rings is 1. The highest BCUT2D eigenvalue weighted by molar-refractivity contribution is 6.31. The Balaban J connectivity index is 2.22. The summed E-state index contributed by atoms with van der Waals surface area (Å²) in [4.78, 5) is 17.9. The summed E-state index contributed by atoms with van der Waals surface area (Å²) in [5, 5.41) is 13.0. The number of nitrogens with zero attached hydrogens (tertiary/aromatic N) is 1. The first-order valence-electron chi connectivity index (χ1n) is 5.35. The number of hydrogen-bond acceptors (Lipinski definition) is 4. The second-order valence-corrected chi connectivity index (χ2v) is 4.20. The third-order valence-electron chi connectivity index (χ3n) is 2.43. The lowest BCUT2D eigenvalue weighted by molar-refractivity contribution is 0.451. The van der Waals surface area contributed by atoms with E-state index < -0.39 is 5.56 Å². The first kappa shape index (κ1) is 12.4. The number of H-pyrrole nitrogens is 1. The summed E-state index contributed by atoms with van der Waals surface area (Å²) >= 11 is 5.99. The molecule has 0 fully saturated rings. The molecule has 0 saturated carbocycles. The molecule has 0 saturated heterocycles. The summed E-state index contributed by atoms with van der Waals surface area (Å²) < 4.78 is 0. The van der Waals surface area contributed by atoms with Crippen molar-refractivity contribution >= 4 is 17.3 Å². The molecule has 6 heteroatoms. The molecule has 1 aromatic carbocycles.